The van der Waals surface area contributed by atoms with E-state index in [4.69, 9.17) is 10.5 Å². The molecule has 0 fully saturated rings. The maximum atomic E-state index is 14.0. The molecule has 3 aromatic heterocycles. The maximum Gasteiger partial charge on any atom is 0.221 e. The molecule has 7 nitrogen and oxygen atoms in total. The Hall–Kier alpha value is -3.94. The van der Waals surface area contributed by atoms with E-state index in [1.54, 1.807) is 18.3 Å². The van der Waals surface area contributed by atoms with Crippen molar-refractivity contribution in [3.8, 4) is 5.88 Å². The summed E-state index contributed by atoms with van der Waals surface area (Å²) in [5, 5.41) is 0.347. The van der Waals surface area contributed by atoms with E-state index in [0.29, 0.717) is 17.7 Å². The minimum atomic E-state index is -0.544. The van der Waals surface area contributed by atoms with Gasteiger partial charge in [-0.25, -0.2) is 19.3 Å². The van der Waals surface area contributed by atoms with E-state index < -0.39 is 5.82 Å². The van der Waals surface area contributed by atoms with Crippen LogP contribution in [0.4, 0.5) is 10.3 Å². The van der Waals surface area contributed by atoms with Crippen LogP contribution in [0.1, 0.15) is 28.3 Å². The standard InChI is InChI=1S/C22H18FN5O2/c23-17-8-4-7-16-20(17)27-22(24)28-21(16)18(29)11-10-14-5-3-6-15(26-14)13-30-19-9-1-2-12-25-19/h1-9,12H,10-11,13H2,(H2,24,27,28). The normalized spacial score (nSPS) is 10.8. The number of anilines is 1. The van der Waals surface area contributed by atoms with Crippen LogP contribution in [0.5, 0.6) is 5.88 Å². The summed E-state index contributed by atoms with van der Waals surface area (Å²) in [5.41, 5.74) is 7.29. The first-order chi connectivity index (χ1) is 14.6. The Morgan fingerprint density at radius 2 is 1.80 bits per heavy atom. The largest absolute Gasteiger partial charge is 0.471 e. The summed E-state index contributed by atoms with van der Waals surface area (Å²) in [7, 11) is 0. The predicted octanol–water partition coefficient (Wildman–Crippen LogP) is 3.54. The van der Waals surface area contributed by atoms with Gasteiger partial charge in [0.1, 0.15) is 23.6 Å². The Morgan fingerprint density at radius 1 is 0.967 bits per heavy atom. The van der Waals surface area contributed by atoms with Gasteiger partial charge < -0.3 is 10.5 Å². The number of nitrogens with two attached hydrogens (primary N) is 1. The molecule has 4 aromatic rings. The molecule has 0 saturated carbocycles. The number of halogens is 1. The molecule has 0 bridgehead atoms. The van der Waals surface area contributed by atoms with Gasteiger partial charge in [-0.3, -0.25) is 9.78 Å². The van der Waals surface area contributed by atoms with Crippen molar-refractivity contribution in [1.82, 2.24) is 19.9 Å². The second-order valence-corrected chi connectivity index (χ2v) is 6.57. The van der Waals surface area contributed by atoms with Gasteiger partial charge in [0, 0.05) is 29.8 Å². The minimum Gasteiger partial charge on any atom is -0.471 e. The molecule has 4 rings (SSSR count). The maximum absolute atomic E-state index is 14.0. The van der Waals surface area contributed by atoms with E-state index in [9.17, 15) is 9.18 Å². The van der Waals surface area contributed by atoms with Crippen LogP contribution < -0.4 is 10.5 Å². The average molecular weight is 403 g/mol. The second kappa shape index (κ2) is 8.60. The predicted molar refractivity (Wildman–Crippen MR) is 109 cm³/mol. The van der Waals surface area contributed by atoms with Crippen LogP contribution in [0.3, 0.4) is 0 Å². The second-order valence-electron chi connectivity index (χ2n) is 6.57. The van der Waals surface area contributed by atoms with Gasteiger partial charge in [-0.05, 0) is 30.7 Å². The lowest BCUT2D eigenvalue weighted by Crippen LogP contribution is -2.10. The van der Waals surface area contributed by atoms with Gasteiger partial charge in [-0.2, -0.15) is 0 Å². The summed E-state index contributed by atoms with van der Waals surface area (Å²) in [5.74, 6) is -0.419. The molecule has 3 heterocycles. The molecule has 0 unspecified atom stereocenters. The van der Waals surface area contributed by atoms with E-state index in [0.717, 1.165) is 11.4 Å². The van der Waals surface area contributed by atoms with Crippen LogP contribution >= 0.6 is 0 Å². The fourth-order valence-electron chi connectivity index (χ4n) is 3.04. The molecule has 0 atom stereocenters. The molecule has 0 aliphatic rings. The van der Waals surface area contributed by atoms with Crippen LogP contribution in [-0.4, -0.2) is 25.7 Å². The number of carbonyl (C=O) groups is 1. The third kappa shape index (κ3) is 4.38. The van der Waals surface area contributed by atoms with Crippen molar-refractivity contribution in [1.29, 1.82) is 0 Å². The van der Waals surface area contributed by atoms with Gasteiger partial charge in [0.25, 0.3) is 0 Å². The zero-order valence-corrected chi connectivity index (χ0v) is 16.0. The SMILES string of the molecule is Nc1nc(C(=O)CCc2cccc(COc3ccccn3)n2)c2cccc(F)c2n1. The number of nitrogen functional groups attached to an aromatic ring is 1. The lowest BCUT2D eigenvalue weighted by atomic mass is 10.1. The van der Waals surface area contributed by atoms with Gasteiger partial charge in [0.2, 0.25) is 11.8 Å². The number of aryl methyl sites for hydroxylation is 1. The molecule has 0 spiro atoms. The first-order valence-corrected chi connectivity index (χ1v) is 9.34. The van der Waals surface area contributed by atoms with E-state index in [1.807, 2.05) is 30.3 Å². The lowest BCUT2D eigenvalue weighted by molar-refractivity contribution is 0.0979. The highest BCUT2D eigenvalue weighted by molar-refractivity contribution is 6.06. The van der Waals surface area contributed by atoms with Gasteiger partial charge in [-0.1, -0.05) is 24.3 Å². The Kier molecular flexibility index (Phi) is 5.56. The molecule has 30 heavy (non-hydrogen) atoms. The average Bonchev–Trinajstić information content (AvgIpc) is 2.77. The van der Waals surface area contributed by atoms with Gasteiger partial charge in [0.15, 0.2) is 5.78 Å². The minimum absolute atomic E-state index is 0.0418. The molecule has 0 radical (unpaired) electrons. The number of ether oxygens (including phenoxy) is 1. The number of para-hydroxylation sites is 1. The number of ketones is 1. The van der Waals surface area contributed by atoms with Crippen LogP contribution in [0, 0.1) is 5.82 Å². The number of hydrogen-bond donors (Lipinski definition) is 1. The van der Waals surface area contributed by atoms with E-state index in [-0.39, 0.29) is 36.0 Å². The number of pyridine rings is 2. The lowest BCUT2D eigenvalue weighted by Gasteiger charge is -2.08. The Bertz CT molecular complexity index is 1200. The van der Waals surface area contributed by atoms with Crippen LogP contribution in [-0.2, 0) is 13.0 Å². The van der Waals surface area contributed by atoms with Crippen molar-refractivity contribution in [2.75, 3.05) is 5.73 Å². The highest BCUT2D eigenvalue weighted by Gasteiger charge is 2.16. The molecule has 2 N–H and O–H groups in total. The van der Waals surface area contributed by atoms with Crippen molar-refractivity contribution in [3.63, 3.8) is 0 Å². The third-order valence-corrected chi connectivity index (χ3v) is 4.44. The first kappa shape index (κ1) is 19.4. The fraction of sp³-hybridized carbons (Fsp3) is 0.136. The van der Waals surface area contributed by atoms with Gasteiger partial charge in [0.05, 0.1) is 5.69 Å². The van der Waals surface area contributed by atoms with Crippen molar-refractivity contribution < 1.29 is 13.9 Å². The van der Waals surface area contributed by atoms with Crippen molar-refractivity contribution in [2.24, 2.45) is 0 Å². The summed E-state index contributed by atoms with van der Waals surface area (Å²) < 4.78 is 19.6. The zero-order valence-electron chi connectivity index (χ0n) is 16.0. The quantitative estimate of drug-likeness (QED) is 0.471. The summed E-state index contributed by atoms with van der Waals surface area (Å²) >= 11 is 0. The zero-order chi connectivity index (χ0) is 20.9. The number of fused-ring (bicyclic) bond motifs is 1. The number of hydrogen-bond acceptors (Lipinski definition) is 7. The number of nitrogens with zero attached hydrogens (tertiary/aromatic N) is 4. The Morgan fingerprint density at radius 3 is 2.63 bits per heavy atom. The number of carbonyl (C=O) groups excluding carboxylic acids is 1. The van der Waals surface area contributed by atoms with E-state index in [1.165, 1.54) is 12.1 Å². The Labute approximate surface area is 171 Å². The van der Waals surface area contributed by atoms with Gasteiger partial charge in [-0.15, -0.1) is 0 Å². The van der Waals surface area contributed by atoms with E-state index in [2.05, 4.69) is 19.9 Å². The number of benzene rings is 1. The molecule has 1 aromatic carbocycles. The summed E-state index contributed by atoms with van der Waals surface area (Å²) in [6.07, 6.45) is 2.21. The molecule has 0 saturated heterocycles. The van der Waals surface area contributed by atoms with Crippen molar-refractivity contribution in [2.45, 2.75) is 19.4 Å². The molecule has 150 valence electrons. The molecule has 0 amide bonds. The van der Waals surface area contributed by atoms with Crippen LogP contribution in [0.25, 0.3) is 10.9 Å². The first-order valence-electron chi connectivity index (χ1n) is 9.34. The summed E-state index contributed by atoms with van der Waals surface area (Å²) in [6.45, 7) is 0.269. The van der Waals surface area contributed by atoms with Crippen molar-refractivity contribution >= 4 is 22.6 Å². The molecule has 0 aliphatic heterocycles. The summed E-state index contributed by atoms with van der Waals surface area (Å²) in [6, 6.07) is 15.4. The number of rotatable bonds is 7. The van der Waals surface area contributed by atoms with Crippen molar-refractivity contribution in [3.05, 3.63) is 83.7 Å². The number of aromatic nitrogens is 4. The van der Waals surface area contributed by atoms with Crippen LogP contribution in [0.15, 0.2) is 60.8 Å². The van der Waals surface area contributed by atoms with E-state index >= 15 is 0 Å². The topological polar surface area (TPSA) is 104 Å². The Balaban J connectivity index is 1.46. The van der Waals surface area contributed by atoms with Gasteiger partial charge >= 0.3 is 0 Å². The molecular weight excluding hydrogens is 385 g/mol. The van der Waals surface area contributed by atoms with Crippen LogP contribution in [0.2, 0.25) is 0 Å². The molecule has 0 aliphatic carbocycles. The monoisotopic (exact) mass is 403 g/mol. The third-order valence-electron chi connectivity index (χ3n) is 4.44. The number of Topliss-reactive ketones (excluding diaryl/α,β-unsaturated/α-hetero) is 1. The molecular formula is C22H18FN5O2. The molecule has 8 heteroatoms. The highest BCUT2D eigenvalue weighted by atomic mass is 19.1. The highest BCUT2D eigenvalue weighted by Crippen LogP contribution is 2.21. The summed E-state index contributed by atoms with van der Waals surface area (Å²) in [4.78, 5) is 29.3. The fourth-order valence-corrected chi connectivity index (χ4v) is 3.04. The smallest absolute Gasteiger partial charge is 0.221 e.